The predicted octanol–water partition coefficient (Wildman–Crippen LogP) is 1.86. The maximum Gasteiger partial charge on any atom is 0.229 e. The van der Waals surface area contributed by atoms with Crippen LogP contribution in [0.2, 0.25) is 0 Å². The van der Waals surface area contributed by atoms with Crippen molar-refractivity contribution in [2.75, 3.05) is 5.32 Å². The minimum atomic E-state index is -0.127. The van der Waals surface area contributed by atoms with Crippen LogP contribution in [0.3, 0.4) is 0 Å². The number of nitrogens with one attached hydrogen (secondary N) is 1. The van der Waals surface area contributed by atoms with E-state index < -0.39 is 0 Å². The maximum absolute atomic E-state index is 13.0. The number of piperidine rings is 1. The lowest BCUT2D eigenvalue weighted by Crippen LogP contribution is -2.54. The lowest BCUT2D eigenvalue weighted by molar-refractivity contribution is -0.144. The standard InChI is InChI=1S/C21H25N3O4/c1-13(25)22-15-4-2-14(3-5-15)10-21(28)23-16-6-7-17(23)12-18(11-16)24-19(26)8-9-20(24)27/h2-5,16-18H,6-12H2,1H3,(H,22,25). The summed E-state index contributed by atoms with van der Waals surface area (Å²) >= 11 is 0. The molecule has 2 unspecified atom stereocenters. The van der Waals surface area contributed by atoms with Crippen molar-refractivity contribution in [3.8, 4) is 0 Å². The van der Waals surface area contributed by atoms with Gasteiger partial charge in [0.2, 0.25) is 23.6 Å². The van der Waals surface area contributed by atoms with E-state index in [0.29, 0.717) is 37.8 Å². The van der Waals surface area contributed by atoms with Crippen LogP contribution in [0.15, 0.2) is 24.3 Å². The SMILES string of the molecule is CC(=O)Nc1ccc(CC(=O)N2C3CCC2CC(N2C(=O)CCC2=O)C3)cc1. The highest BCUT2D eigenvalue weighted by atomic mass is 16.2. The summed E-state index contributed by atoms with van der Waals surface area (Å²) < 4.78 is 0. The summed E-state index contributed by atoms with van der Waals surface area (Å²) in [5.74, 6) is -0.155. The monoisotopic (exact) mass is 383 g/mol. The van der Waals surface area contributed by atoms with E-state index >= 15 is 0 Å². The molecule has 2 atom stereocenters. The van der Waals surface area contributed by atoms with Crippen molar-refractivity contribution in [2.24, 2.45) is 0 Å². The Hall–Kier alpha value is -2.70. The Morgan fingerprint density at radius 3 is 2.07 bits per heavy atom. The number of imide groups is 1. The van der Waals surface area contributed by atoms with Crippen molar-refractivity contribution in [3.63, 3.8) is 0 Å². The fourth-order valence-corrected chi connectivity index (χ4v) is 4.94. The van der Waals surface area contributed by atoms with Gasteiger partial charge in [-0.1, -0.05) is 12.1 Å². The smallest absolute Gasteiger partial charge is 0.229 e. The summed E-state index contributed by atoms with van der Waals surface area (Å²) in [5, 5.41) is 2.72. The van der Waals surface area contributed by atoms with E-state index in [1.807, 2.05) is 17.0 Å². The molecule has 1 aromatic rings. The molecule has 2 bridgehead atoms. The van der Waals surface area contributed by atoms with Crippen LogP contribution in [0.25, 0.3) is 0 Å². The summed E-state index contributed by atoms with van der Waals surface area (Å²) in [7, 11) is 0. The van der Waals surface area contributed by atoms with Gasteiger partial charge in [0.1, 0.15) is 0 Å². The molecule has 3 fully saturated rings. The Labute approximate surface area is 164 Å². The lowest BCUT2D eigenvalue weighted by Gasteiger charge is -2.41. The van der Waals surface area contributed by atoms with Crippen LogP contribution in [-0.2, 0) is 25.6 Å². The van der Waals surface area contributed by atoms with E-state index in [9.17, 15) is 19.2 Å². The van der Waals surface area contributed by atoms with Gasteiger partial charge in [-0.3, -0.25) is 24.1 Å². The molecule has 0 saturated carbocycles. The van der Waals surface area contributed by atoms with E-state index in [4.69, 9.17) is 0 Å². The molecular formula is C21H25N3O4. The third kappa shape index (κ3) is 3.53. The minimum Gasteiger partial charge on any atom is -0.336 e. The van der Waals surface area contributed by atoms with E-state index in [-0.39, 0.29) is 41.8 Å². The van der Waals surface area contributed by atoms with Crippen LogP contribution in [0, 0.1) is 0 Å². The Kier molecular flexibility index (Phi) is 4.91. The first-order valence-corrected chi connectivity index (χ1v) is 9.95. The highest BCUT2D eigenvalue weighted by molar-refractivity contribution is 6.02. The zero-order valence-corrected chi connectivity index (χ0v) is 16.0. The third-order valence-corrected chi connectivity index (χ3v) is 6.08. The summed E-state index contributed by atoms with van der Waals surface area (Å²) in [6.45, 7) is 1.46. The van der Waals surface area contributed by atoms with E-state index in [1.54, 1.807) is 12.1 Å². The van der Waals surface area contributed by atoms with Gasteiger partial charge in [-0.2, -0.15) is 0 Å². The first-order chi connectivity index (χ1) is 13.4. The number of amides is 4. The number of likely N-dealkylation sites (tertiary alicyclic amines) is 1. The molecule has 0 aromatic heterocycles. The van der Waals surface area contributed by atoms with Crippen LogP contribution in [-0.4, -0.2) is 51.6 Å². The average molecular weight is 383 g/mol. The molecule has 7 heteroatoms. The molecule has 4 amide bonds. The van der Waals surface area contributed by atoms with Gasteiger partial charge < -0.3 is 10.2 Å². The summed E-state index contributed by atoms with van der Waals surface area (Å²) in [6, 6.07) is 7.48. The molecule has 3 aliphatic heterocycles. The van der Waals surface area contributed by atoms with Crippen molar-refractivity contribution in [1.29, 1.82) is 0 Å². The van der Waals surface area contributed by atoms with Crippen molar-refractivity contribution < 1.29 is 19.2 Å². The predicted molar refractivity (Wildman–Crippen MR) is 102 cm³/mol. The highest BCUT2D eigenvalue weighted by Crippen LogP contribution is 2.39. The van der Waals surface area contributed by atoms with Crippen LogP contribution >= 0.6 is 0 Å². The second kappa shape index (κ2) is 7.37. The van der Waals surface area contributed by atoms with Gasteiger partial charge in [-0.15, -0.1) is 0 Å². The average Bonchev–Trinajstić information content (AvgIpc) is 3.12. The lowest BCUT2D eigenvalue weighted by atomic mass is 9.95. The largest absolute Gasteiger partial charge is 0.336 e. The number of carbonyl (C=O) groups is 4. The number of hydrogen-bond acceptors (Lipinski definition) is 4. The fraction of sp³-hybridized carbons (Fsp3) is 0.524. The highest BCUT2D eigenvalue weighted by Gasteiger charge is 2.47. The van der Waals surface area contributed by atoms with Gasteiger partial charge in [-0.05, 0) is 43.4 Å². The van der Waals surface area contributed by atoms with Gasteiger partial charge in [0.05, 0.1) is 6.42 Å². The van der Waals surface area contributed by atoms with Gasteiger partial charge >= 0.3 is 0 Å². The maximum atomic E-state index is 13.0. The number of nitrogens with zero attached hydrogens (tertiary/aromatic N) is 2. The molecule has 0 radical (unpaired) electrons. The molecule has 4 rings (SSSR count). The molecule has 0 aliphatic carbocycles. The van der Waals surface area contributed by atoms with E-state index in [2.05, 4.69) is 5.32 Å². The number of anilines is 1. The first kappa shape index (κ1) is 18.7. The molecule has 28 heavy (non-hydrogen) atoms. The molecule has 148 valence electrons. The first-order valence-electron chi connectivity index (χ1n) is 9.95. The number of hydrogen-bond donors (Lipinski definition) is 1. The summed E-state index contributed by atoms with van der Waals surface area (Å²) in [4.78, 5) is 51.7. The second-order valence-corrected chi connectivity index (χ2v) is 8.02. The van der Waals surface area contributed by atoms with Gasteiger partial charge in [0.25, 0.3) is 0 Å². The molecule has 3 aliphatic rings. The Morgan fingerprint density at radius 2 is 1.54 bits per heavy atom. The van der Waals surface area contributed by atoms with Gasteiger partial charge in [-0.25, -0.2) is 0 Å². The number of carbonyl (C=O) groups excluding carboxylic acids is 4. The Bertz CT molecular complexity index is 789. The third-order valence-electron chi connectivity index (χ3n) is 6.08. The molecule has 3 saturated heterocycles. The van der Waals surface area contributed by atoms with Crippen LogP contribution < -0.4 is 5.32 Å². The summed E-state index contributed by atoms with van der Waals surface area (Å²) in [5.41, 5.74) is 1.62. The molecule has 0 spiro atoms. The van der Waals surface area contributed by atoms with Gasteiger partial charge in [0, 0.05) is 43.6 Å². The van der Waals surface area contributed by atoms with E-state index in [1.165, 1.54) is 11.8 Å². The molecule has 1 N–H and O–H groups in total. The van der Waals surface area contributed by atoms with Crippen LogP contribution in [0.5, 0.6) is 0 Å². The Morgan fingerprint density at radius 1 is 0.964 bits per heavy atom. The minimum absolute atomic E-state index is 0.0546. The van der Waals surface area contributed by atoms with Crippen LogP contribution in [0.1, 0.15) is 51.0 Å². The molecule has 1 aromatic carbocycles. The van der Waals surface area contributed by atoms with Crippen molar-refractivity contribution >= 4 is 29.3 Å². The topological polar surface area (TPSA) is 86.8 Å². The number of fused-ring (bicyclic) bond motifs is 2. The zero-order chi connectivity index (χ0) is 19.8. The fourth-order valence-electron chi connectivity index (χ4n) is 4.94. The number of rotatable bonds is 4. The normalized spacial score (nSPS) is 26.7. The van der Waals surface area contributed by atoms with Gasteiger partial charge in [0.15, 0.2) is 0 Å². The molecular weight excluding hydrogens is 358 g/mol. The second-order valence-electron chi connectivity index (χ2n) is 8.02. The van der Waals surface area contributed by atoms with Crippen molar-refractivity contribution in [2.45, 2.75) is 70.0 Å². The quantitative estimate of drug-likeness (QED) is 0.804. The zero-order valence-electron chi connectivity index (χ0n) is 16.0. The number of benzene rings is 1. The molecule has 7 nitrogen and oxygen atoms in total. The van der Waals surface area contributed by atoms with E-state index in [0.717, 1.165) is 18.4 Å². The van der Waals surface area contributed by atoms with Crippen molar-refractivity contribution in [1.82, 2.24) is 9.80 Å². The van der Waals surface area contributed by atoms with Crippen molar-refractivity contribution in [3.05, 3.63) is 29.8 Å². The summed E-state index contributed by atoms with van der Waals surface area (Å²) in [6.07, 6.45) is 4.22. The molecule has 3 heterocycles. The Balaban J connectivity index is 1.40. The van der Waals surface area contributed by atoms with Crippen LogP contribution in [0.4, 0.5) is 5.69 Å².